The van der Waals surface area contributed by atoms with E-state index in [1.54, 1.807) is 17.9 Å². The number of aromatic nitrogens is 4. The molecular formula is C16H12N4O2S. The summed E-state index contributed by atoms with van der Waals surface area (Å²) in [6, 6.07) is 11.5. The number of nitrogens with zero attached hydrogens (tertiary/aromatic N) is 4. The van der Waals surface area contributed by atoms with E-state index in [1.165, 1.54) is 11.3 Å². The molecule has 0 atom stereocenters. The van der Waals surface area contributed by atoms with E-state index in [0.717, 1.165) is 21.3 Å². The number of furan rings is 1. The zero-order chi connectivity index (χ0) is 15.6. The van der Waals surface area contributed by atoms with Crippen molar-refractivity contribution in [3.05, 3.63) is 53.2 Å². The van der Waals surface area contributed by atoms with E-state index in [2.05, 4.69) is 15.3 Å². The van der Waals surface area contributed by atoms with Gasteiger partial charge in [-0.15, -0.1) is 10.2 Å². The first-order chi connectivity index (χ1) is 11.3. The van der Waals surface area contributed by atoms with E-state index in [4.69, 9.17) is 9.15 Å². The van der Waals surface area contributed by atoms with Crippen molar-refractivity contribution < 1.29 is 9.15 Å². The second-order valence-electron chi connectivity index (χ2n) is 4.74. The van der Waals surface area contributed by atoms with Crippen LogP contribution in [-0.4, -0.2) is 26.9 Å². The van der Waals surface area contributed by atoms with Crippen molar-refractivity contribution in [3.8, 4) is 17.3 Å². The fourth-order valence-electron chi connectivity index (χ4n) is 2.14. The van der Waals surface area contributed by atoms with Gasteiger partial charge in [0, 0.05) is 0 Å². The summed E-state index contributed by atoms with van der Waals surface area (Å²) in [4.78, 5) is 0.728. The largest absolute Gasteiger partial charge is 0.497 e. The first kappa shape index (κ1) is 13.7. The van der Waals surface area contributed by atoms with Gasteiger partial charge in [-0.3, -0.25) is 0 Å². The summed E-state index contributed by atoms with van der Waals surface area (Å²) in [6.07, 6.45) is 5.55. The predicted octanol–water partition coefficient (Wildman–Crippen LogP) is 3.62. The van der Waals surface area contributed by atoms with Gasteiger partial charge in [0.05, 0.1) is 13.4 Å². The lowest BCUT2D eigenvalue weighted by molar-refractivity contribution is 0.415. The second kappa shape index (κ2) is 5.69. The first-order valence-corrected chi connectivity index (χ1v) is 7.73. The number of methoxy groups -OCH3 is 1. The van der Waals surface area contributed by atoms with Crippen molar-refractivity contribution in [2.45, 2.75) is 0 Å². The fraction of sp³-hybridized carbons (Fsp3) is 0.0625. The molecule has 0 amide bonds. The Bertz CT molecular complexity index is 952. The third-order valence-electron chi connectivity index (χ3n) is 3.28. The van der Waals surface area contributed by atoms with Crippen LogP contribution in [0.3, 0.4) is 0 Å². The Morgan fingerprint density at radius 3 is 2.74 bits per heavy atom. The van der Waals surface area contributed by atoms with E-state index < -0.39 is 0 Å². The number of fused-ring (bicyclic) bond motifs is 1. The van der Waals surface area contributed by atoms with Crippen LogP contribution in [0.5, 0.6) is 5.75 Å². The lowest BCUT2D eigenvalue weighted by Gasteiger charge is -1.98. The summed E-state index contributed by atoms with van der Waals surface area (Å²) in [7, 11) is 1.65. The van der Waals surface area contributed by atoms with Gasteiger partial charge in [0.25, 0.3) is 0 Å². The van der Waals surface area contributed by atoms with Gasteiger partial charge in [0.2, 0.25) is 10.8 Å². The van der Waals surface area contributed by atoms with Crippen molar-refractivity contribution in [1.82, 2.24) is 19.8 Å². The highest BCUT2D eigenvalue weighted by molar-refractivity contribution is 7.17. The number of rotatable bonds is 4. The van der Waals surface area contributed by atoms with E-state index >= 15 is 0 Å². The molecule has 3 aromatic heterocycles. The summed E-state index contributed by atoms with van der Waals surface area (Å²) in [5, 5.41) is 13.6. The van der Waals surface area contributed by atoms with Crippen LogP contribution in [0.15, 0.2) is 47.1 Å². The topological polar surface area (TPSA) is 65.5 Å². The van der Waals surface area contributed by atoms with Crippen molar-refractivity contribution in [2.75, 3.05) is 7.11 Å². The molecule has 0 N–H and O–H groups in total. The Labute approximate surface area is 135 Å². The molecule has 7 heteroatoms. The van der Waals surface area contributed by atoms with Crippen molar-refractivity contribution >= 4 is 28.4 Å². The van der Waals surface area contributed by atoms with Gasteiger partial charge in [0.1, 0.15) is 10.8 Å². The minimum Gasteiger partial charge on any atom is -0.497 e. The number of hydrogen-bond donors (Lipinski definition) is 0. The van der Waals surface area contributed by atoms with Gasteiger partial charge >= 0.3 is 0 Å². The van der Waals surface area contributed by atoms with Crippen molar-refractivity contribution in [2.24, 2.45) is 0 Å². The molecule has 3 heterocycles. The molecule has 0 fully saturated rings. The standard InChI is InChI=1S/C16H12N4O2S/c1-21-12-7-4-11(5-8-12)6-9-14-19-20-15(13-3-2-10-22-13)17-18-16(20)23-14/h2-10H,1H3/b9-6-. The highest BCUT2D eigenvalue weighted by atomic mass is 32.1. The molecule has 0 bridgehead atoms. The van der Waals surface area contributed by atoms with Crippen LogP contribution in [0.25, 0.3) is 28.7 Å². The smallest absolute Gasteiger partial charge is 0.235 e. The highest BCUT2D eigenvalue weighted by Gasteiger charge is 2.14. The van der Waals surface area contributed by atoms with Gasteiger partial charge in [0.15, 0.2) is 5.76 Å². The molecule has 0 spiro atoms. The van der Waals surface area contributed by atoms with Crippen LogP contribution in [0.4, 0.5) is 0 Å². The molecule has 0 aliphatic rings. The Kier molecular flexibility index (Phi) is 3.39. The van der Waals surface area contributed by atoms with Gasteiger partial charge in [-0.05, 0) is 35.9 Å². The summed E-state index contributed by atoms with van der Waals surface area (Å²) >= 11 is 1.47. The van der Waals surface area contributed by atoms with Gasteiger partial charge in [-0.2, -0.15) is 9.61 Å². The highest BCUT2D eigenvalue weighted by Crippen LogP contribution is 2.23. The fourth-order valence-corrected chi connectivity index (χ4v) is 2.88. The maximum absolute atomic E-state index is 5.36. The molecule has 4 rings (SSSR count). The van der Waals surface area contributed by atoms with Gasteiger partial charge < -0.3 is 9.15 Å². The van der Waals surface area contributed by atoms with E-state index in [-0.39, 0.29) is 0 Å². The lowest BCUT2D eigenvalue weighted by Crippen LogP contribution is -1.89. The van der Waals surface area contributed by atoms with Crippen LogP contribution < -0.4 is 4.74 Å². The Morgan fingerprint density at radius 2 is 2.00 bits per heavy atom. The van der Waals surface area contributed by atoms with E-state index in [9.17, 15) is 0 Å². The third kappa shape index (κ3) is 2.62. The van der Waals surface area contributed by atoms with Crippen molar-refractivity contribution in [1.29, 1.82) is 0 Å². The minimum absolute atomic E-state index is 0.602. The zero-order valence-corrected chi connectivity index (χ0v) is 13.0. The number of hydrogen-bond acceptors (Lipinski definition) is 6. The third-order valence-corrected chi connectivity index (χ3v) is 4.15. The molecule has 0 radical (unpaired) electrons. The molecule has 0 aliphatic heterocycles. The summed E-state index contributed by atoms with van der Waals surface area (Å²) in [5.74, 6) is 2.09. The van der Waals surface area contributed by atoms with Crippen molar-refractivity contribution in [3.63, 3.8) is 0 Å². The Hall–Kier alpha value is -2.93. The lowest BCUT2D eigenvalue weighted by atomic mass is 10.2. The number of benzene rings is 1. The van der Waals surface area contributed by atoms with Gasteiger partial charge in [-0.1, -0.05) is 29.5 Å². The molecule has 4 aromatic rings. The molecule has 0 unspecified atom stereocenters. The van der Waals surface area contributed by atoms with E-state index in [1.807, 2.05) is 48.6 Å². The van der Waals surface area contributed by atoms with Crippen LogP contribution >= 0.6 is 11.3 Å². The predicted molar refractivity (Wildman–Crippen MR) is 88.3 cm³/mol. The Balaban J connectivity index is 1.63. The maximum Gasteiger partial charge on any atom is 0.235 e. The van der Waals surface area contributed by atoms with Crippen LogP contribution in [0, 0.1) is 0 Å². The van der Waals surface area contributed by atoms with E-state index in [0.29, 0.717) is 11.6 Å². The molecule has 23 heavy (non-hydrogen) atoms. The average Bonchev–Trinajstić information content (AvgIpc) is 3.29. The Morgan fingerprint density at radius 1 is 1.13 bits per heavy atom. The first-order valence-electron chi connectivity index (χ1n) is 6.92. The van der Waals surface area contributed by atoms with Crippen LogP contribution in [0.2, 0.25) is 0 Å². The van der Waals surface area contributed by atoms with Gasteiger partial charge in [-0.25, -0.2) is 0 Å². The normalized spacial score (nSPS) is 11.5. The minimum atomic E-state index is 0.602. The molecule has 0 saturated heterocycles. The second-order valence-corrected chi connectivity index (χ2v) is 5.73. The maximum atomic E-state index is 5.36. The van der Waals surface area contributed by atoms with Crippen LogP contribution in [-0.2, 0) is 0 Å². The summed E-state index contributed by atoms with van der Waals surface area (Å²) < 4.78 is 12.2. The molecule has 0 aliphatic carbocycles. The molecule has 114 valence electrons. The molecule has 0 saturated carbocycles. The number of ether oxygens (including phenoxy) is 1. The zero-order valence-electron chi connectivity index (χ0n) is 12.2. The SMILES string of the molecule is COc1ccc(/C=C\c2nn3c(-c4ccco4)nnc3s2)cc1. The van der Waals surface area contributed by atoms with Crippen LogP contribution in [0.1, 0.15) is 10.6 Å². The molecule has 1 aromatic carbocycles. The monoisotopic (exact) mass is 324 g/mol. The molecule has 6 nitrogen and oxygen atoms in total. The summed E-state index contributed by atoms with van der Waals surface area (Å²) in [5.41, 5.74) is 1.07. The average molecular weight is 324 g/mol. The molecular weight excluding hydrogens is 312 g/mol. The summed E-state index contributed by atoms with van der Waals surface area (Å²) in [6.45, 7) is 0. The quantitative estimate of drug-likeness (QED) is 0.573.